The highest BCUT2D eigenvalue weighted by Crippen LogP contribution is 2.24. The Labute approximate surface area is 113 Å². The fraction of sp³-hybridized carbons (Fsp3) is 0.500. The molecule has 0 spiro atoms. The van der Waals surface area contributed by atoms with Crippen molar-refractivity contribution >= 4 is 0 Å². The second kappa shape index (κ2) is 5.93. The van der Waals surface area contributed by atoms with Gasteiger partial charge in [0.25, 0.3) is 0 Å². The van der Waals surface area contributed by atoms with Crippen molar-refractivity contribution in [2.24, 2.45) is 11.7 Å². The van der Waals surface area contributed by atoms with Gasteiger partial charge in [-0.25, -0.2) is 0 Å². The van der Waals surface area contributed by atoms with Crippen LogP contribution in [0.25, 0.3) is 11.5 Å². The molecule has 0 bridgehead atoms. The maximum absolute atomic E-state index is 6.09. The summed E-state index contributed by atoms with van der Waals surface area (Å²) in [6, 6.07) is 3.71. The first-order valence-electron chi connectivity index (χ1n) is 6.70. The number of aromatic nitrogens is 3. The van der Waals surface area contributed by atoms with Gasteiger partial charge in [-0.3, -0.25) is 4.98 Å². The molecule has 19 heavy (non-hydrogen) atoms. The summed E-state index contributed by atoms with van der Waals surface area (Å²) >= 11 is 0. The van der Waals surface area contributed by atoms with Gasteiger partial charge in [-0.15, -0.1) is 0 Å². The van der Waals surface area contributed by atoms with Crippen molar-refractivity contribution in [1.82, 2.24) is 15.1 Å². The molecule has 1 unspecified atom stereocenters. The predicted octanol–water partition coefficient (Wildman–Crippen LogP) is 2.74. The molecule has 2 atom stereocenters. The molecule has 2 rings (SSSR count). The van der Waals surface area contributed by atoms with E-state index in [1.165, 1.54) is 0 Å². The van der Waals surface area contributed by atoms with Gasteiger partial charge in [-0.05, 0) is 24.0 Å². The zero-order chi connectivity index (χ0) is 13.8. The van der Waals surface area contributed by atoms with Gasteiger partial charge in [0.1, 0.15) is 5.69 Å². The van der Waals surface area contributed by atoms with Crippen molar-refractivity contribution in [3.8, 4) is 11.5 Å². The average Bonchev–Trinajstić information content (AvgIpc) is 2.95. The second-order valence-corrected chi connectivity index (χ2v) is 4.73. The number of hydrogen-bond donors (Lipinski definition) is 1. The number of pyridine rings is 1. The third kappa shape index (κ3) is 2.81. The highest BCUT2D eigenvalue weighted by atomic mass is 16.5. The summed E-state index contributed by atoms with van der Waals surface area (Å²) in [6.45, 7) is 6.24. The number of nitrogens with zero attached hydrogens (tertiary/aromatic N) is 3. The van der Waals surface area contributed by atoms with E-state index in [4.69, 9.17) is 10.3 Å². The van der Waals surface area contributed by atoms with E-state index in [0.29, 0.717) is 17.6 Å². The molecule has 0 radical (unpaired) electrons. The Bertz CT molecular complexity index is 538. The Hall–Kier alpha value is -1.75. The molecule has 0 aliphatic carbocycles. The molecule has 0 aliphatic heterocycles. The van der Waals surface area contributed by atoms with E-state index in [1.807, 2.05) is 12.1 Å². The van der Waals surface area contributed by atoms with Gasteiger partial charge in [0.2, 0.25) is 11.7 Å². The van der Waals surface area contributed by atoms with Crippen LogP contribution < -0.4 is 5.73 Å². The number of nitrogens with two attached hydrogens (primary N) is 1. The van der Waals surface area contributed by atoms with Crippen molar-refractivity contribution < 1.29 is 4.52 Å². The Kier molecular flexibility index (Phi) is 4.27. The number of hydrogen-bond acceptors (Lipinski definition) is 5. The van der Waals surface area contributed by atoms with Gasteiger partial charge >= 0.3 is 0 Å². The lowest BCUT2D eigenvalue weighted by Gasteiger charge is -2.12. The molecule has 2 heterocycles. The maximum Gasteiger partial charge on any atom is 0.244 e. The predicted molar refractivity (Wildman–Crippen MR) is 73.3 cm³/mol. The first kappa shape index (κ1) is 13.7. The van der Waals surface area contributed by atoms with Crippen molar-refractivity contribution in [2.45, 2.75) is 39.7 Å². The largest absolute Gasteiger partial charge is 0.337 e. The first-order chi connectivity index (χ1) is 9.17. The van der Waals surface area contributed by atoms with Crippen LogP contribution in [0.3, 0.4) is 0 Å². The first-order valence-corrected chi connectivity index (χ1v) is 6.70. The lowest BCUT2D eigenvalue weighted by Crippen LogP contribution is -2.18. The zero-order valence-electron chi connectivity index (χ0n) is 11.6. The molecular weight excluding hydrogens is 240 g/mol. The molecule has 0 amide bonds. The zero-order valence-corrected chi connectivity index (χ0v) is 11.6. The van der Waals surface area contributed by atoms with Crippen LogP contribution in [0.15, 0.2) is 22.9 Å². The molecule has 0 aliphatic rings. The summed E-state index contributed by atoms with van der Waals surface area (Å²) in [5, 5.41) is 4.00. The van der Waals surface area contributed by atoms with Crippen molar-refractivity contribution in [1.29, 1.82) is 0 Å². The lowest BCUT2D eigenvalue weighted by molar-refractivity contribution is 0.312. The monoisotopic (exact) mass is 260 g/mol. The molecule has 102 valence electrons. The van der Waals surface area contributed by atoms with Crippen molar-refractivity contribution in [3.05, 3.63) is 29.8 Å². The van der Waals surface area contributed by atoms with E-state index in [0.717, 1.165) is 24.1 Å². The molecule has 5 nitrogen and oxygen atoms in total. The molecule has 2 aromatic rings. The molecule has 0 fully saturated rings. The summed E-state index contributed by atoms with van der Waals surface area (Å²) in [4.78, 5) is 8.72. The summed E-state index contributed by atoms with van der Waals surface area (Å²) in [7, 11) is 0. The highest BCUT2D eigenvalue weighted by Gasteiger charge is 2.21. The summed E-state index contributed by atoms with van der Waals surface area (Å²) < 4.78 is 5.28. The van der Waals surface area contributed by atoms with Crippen LogP contribution in [0.1, 0.15) is 44.7 Å². The fourth-order valence-electron chi connectivity index (χ4n) is 1.89. The average molecular weight is 260 g/mol. The number of aryl methyl sites for hydroxylation is 1. The molecular formula is C14H20N4O. The van der Waals surface area contributed by atoms with E-state index < -0.39 is 0 Å². The molecule has 2 aromatic heterocycles. The van der Waals surface area contributed by atoms with E-state index in [2.05, 4.69) is 35.9 Å². The van der Waals surface area contributed by atoms with Gasteiger partial charge in [0.15, 0.2) is 0 Å². The lowest BCUT2D eigenvalue weighted by atomic mass is 10.0. The standard InChI is InChI=1S/C14H20N4O/c1-4-9(3)11(15)14-17-13(18-19-14)12-10(5-2)7-6-8-16-12/h6-9,11H,4-5,15H2,1-3H3/t9?,11-/m0/s1. The van der Waals surface area contributed by atoms with Gasteiger partial charge < -0.3 is 10.3 Å². The Balaban J connectivity index is 2.30. The minimum absolute atomic E-state index is 0.222. The van der Waals surface area contributed by atoms with Crippen LogP contribution in [-0.4, -0.2) is 15.1 Å². The Morgan fingerprint density at radius 3 is 2.84 bits per heavy atom. The minimum Gasteiger partial charge on any atom is -0.337 e. The van der Waals surface area contributed by atoms with Crippen molar-refractivity contribution in [2.75, 3.05) is 0 Å². The van der Waals surface area contributed by atoms with Crippen molar-refractivity contribution in [3.63, 3.8) is 0 Å². The van der Waals surface area contributed by atoms with E-state index >= 15 is 0 Å². The fourth-order valence-corrected chi connectivity index (χ4v) is 1.89. The Morgan fingerprint density at radius 2 is 2.16 bits per heavy atom. The quantitative estimate of drug-likeness (QED) is 0.894. The molecule has 5 heteroatoms. The Morgan fingerprint density at radius 1 is 1.37 bits per heavy atom. The summed E-state index contributed by atoms with van der Waals surface area (Å²) in [5.41, 5.74) is 7.97. The van der Waals surface area contributed by atoms with Crippen LogP contribution >= 0.6 is 0 Å². The maximum atomic E-state index is 6.09. The number of rotatable bonds is 5. The molecule has 0 aromatic carbocycles. The van der Waals surface area contributed by atoms with Gasteiger partial charge in [0.05, 0.1) is 6.04 Å². The van der Waals surface area contributed by atoms with Gasteiger partial charge in [-0.2, -0.15) is 4.98 Å². The third-order valence-corrected chi connectivity index (χ3v) is 3.47. The van der Waals surface area contributed by atoms with E-state index in [9.17, 15) is 0 Å². The smallest absolute Gasteiger partial charge is 0.244 e. The van der Waals surface area contributed by atoms with Gasteiger partial charge in [-0.1, -0.05) is 38.4 Å². The third-order valence-electron chi connectivity index (χ3n) is 3.47. The highest BCUT2D eigenvalue weighted by molar-refractivity contribution is 5.53. The van der Waals surface area contributed by atoms with Gasteiger partial charge in [0, 0.05) is 6.20 Å². The summed E-state index contributed by atoms with van der Waals surface area (Å²) in [6.07, 6.45) is 3.59. The molecule has 0 saturated carbocycles. The second-order valence-electron chi connectivity index (χ2n) is 4.73. The summed E-state index contributed by atoms with van der Waals surface area (Å²) in [5.74, 6) is 1.31. The molecule has 2 N–H and O–H groups in total. The van der Waals surface area contributed by atoms with Crippen LogP contribution in [-0.2, 0) is 6.42 Å². The van der Waals surface area contributed by atoms with E-state index in [-0.39, 0.29) is 6.04 Å². The topological polar surface area (TPSA) is 77.8 Å². The van der Waals surface area contributed by atoms with Crippen LogP contribution in [0.2, 0.25) is 0 Å². The normalized spacial score (nSPS) is 14.3. The minimum atomic E-state index is -0.222. The molecule has 0 saturated heterocycles. The van der Waals surface area contributed by atoms with Crippen LogP contribution in [0.4, 0.5) is 0 Å². The van der Waals surface area contributed by atoms with Crippen LogP contribution in [0.5, 0.6) is 0 Å². The van der Waals surface area contributed by atoms with E-state index in [1.54, 1.807) is 6.20 Å². The van der Waals surface area contributed by atoms with Crippen LogP contribution in [0, 0.1) is 5.92 Å². The SMILES string of the molecule is CCc1cccnc1-c1noc([C@@H](N)C(C)CC)n1.